The zero-order valence-electron chi connectivity index (χ0n) is 24.8. The first-order valence-corrected chi connectivity index (χ1v) is 15.0. The molecule has 4 aromatic rings. The Morgan fingerprint density at radius 2 is 1.74 bits per heavy atom. The minimum absolute atomic E-state index is 0.00717. The number of amides is 2. The van der Waals surface area contributed by atoms with E-state index in [1.54, 1.807) is 36.2 Å². The van der Waals surface area contributed by atoms with Crippen LogP contribution in [0.3, 0.4) is 0 Å². The fraction of sp³-hybridized carbons (Fsp3) is 0.242. The number of aromatic carboxylic acids is 1. The normalized spacial score (nSPS) is 16.4. The number of ketones is 1. The van der Waals surface area contributed by atoms with Crippen molar-refractivity contribution in [3.63, 3.8) is 0 Å². The summed E-state index contributed by atoms with van der Waals surface area (Å²) in [6.07, 6.45) is 1.57. The van der Waals surface area contributed by atoms with Crippen LogP contribution >= 0.6 is 11.6 Å². The number of likely N-dealkylation sites (N-methyl/N-ethyl adjacent to an activating group) is 1. The second-order valence-corrected chi connectivity index (χ2v) is 11.7. The number of nitrogens with two attached hydrogens (primary N) is 1. The standard InChI is InChI=1S/C33H30ClFN6O5/c1-38-14-15-39(18-28(38)43)25-6-2-4-22-21(25)12-13-40(30(22)27(42)16-19-8-10-20(11-9-19)33(45)46)32(44)23-17-37-41(31(23)36)26-7-3-5-24(34)29(26)35/h2-11,17,30H,12-16,18,36H2,1H3,(H,45,46). The van der Waals surface area contributed by atoms with Gasteiger partial charge in [0.1, 0.15) is 23.1 Å². The Kier molecular flexibility index (Phi) is 8.22. The summed E-state index contributed by atoms with van der Waals surface area (Å²) < 4.78 is 15.9. The monoisotopic (exact) mass is 644 g/mol. The van der Waals surface area contributed by atoms with E-state index < -0.39 is 23.7 Å². The maximum atomic E-state index is 14.8. The lowest BCUT2D eigenvalue weighted by atomic mass is 9.86. The number of benzene rings is 3. The molecule has 1 fully saturated rings. The van der Waals surface area contributed by atoms with Gasteiger partial charge in [-0.3, -0.25) is 14.4 Å². The van der Waals surface area contributed by atoms with Gasteiger partial charge in [-0.25, -0.2) is 13.9 Å². The van der Waals surface area contributed by atoms with Crippen molar-refractivity contribution in [2.75, 3.05) is 43.9 Å². The van der Waals surface area contributed by atoms with Crippen molar-refractivity contribution < 1.29 is 28.7 Å². The van der Waals surface area contributed by atoms with Gasteiger partial charge in [-0.15, -0.1) is 0 Å². The maximum Gasteiger partial charge on any atom is 0.335 e. The van der Waals surface area contributed by atoms with E-state index in [9.17, 15) is 28.7 Å². The van der Waals surface area contributed by atoms with Crippen molar-refractivity contribution >= 4 is 46.7 Å². The van der Waals surface area contributed by atoms with Gasteiger partial charge in [0.25, 0.3) is 5.91 Å². The minimum atomic E-state index is -1.08. The van der Waals surface area contributed by atoms with E-state index in [-0.39, 0.29) is 58.9 Å². The number of halogens is 2. The highest BCUT2D eigenvalue weighted by atomic mass is 35.5. The molecule has 0 aliphatic carbocycles. The average molecular weight is 645 g/mol. The average Bonchev–Trinajstić information content (AvgIpc) is 3.43. The van der Waals surface area contributed by atoms with Crippen molar-refractivity contribution in [3.05, 3.63) is 106 Å². The molecule has 1 aromatic heterocycles. The van der Waals surface area contributed by atoms with Gasteiger partial charge in [0.2, 0.25) is 5.91 Å². The summed E-state index contributed by atoms with van der Waals surface area (Å²) in [6.45, 7) is 1.53. The number of fused-ring (bicyclic) bond motifs is 1. The van der Waals surface area contributed by atoms with Crippen molar-refractivity contribution in [1.82, 2.24) is 19.6 Å². The fourth-order valence-electron chi connectivity index (χ4n) is 6.06. The summed E-state index contributed by atoms with van der Waals surface area (Å²) in [5, 5.41) is 13.3. The predicted octanol–water partition coefficient (Wildman–Crippen LogP) is 3.78. The molecular formula is C33H30ClFN6O5. The second kappa shape index (κ2) is 12.3. The lowest BCUT2D eigenvalue weighted by molar-refractivity contribution is -0.129. The number of carboxylic acid groups (broad SMARTS) is 1. The number of hydrogen-bond acceptors (Lipinski definition) is 7. The Labute approximate surface area is 268 Å². The van der Waals surface area contributed by atoms with Gasteiger partial charge in [0, 0.05) is 38.8 Å². The number of carbonyl (C=O) groups excluding carboxylic acids is 3. The predicted molar refractivity (Wildman–Crippen MR) is 169 cm³/mol. The van der Waals surface area contributed by atoms with E-state index in [0.717, 1.165) is 15.9 Å². The van der Waals surface area contributed by atoms with E-state index in [1.165, 1.54) is 41.4 Å². The molecule has 3 heterocycles. The first kappa shape index (κ1) is 30.8. The number of aromatic nitrogens is 2. The summed E-state index contributed by atoms with van der Waals surface area (Å²) in [5.41, 5.74) is 9.32. The topological polar surface area (TPSA) is 142 Å². The quantitative estimate of drug-likeness (QED) is 0.310. The van der Waals surface area contributed by atoms with Crippen molar-refractivity contribution in [1.29, 1.82) is 0 Å². The number of hydrogen-bond donors (Lipinski definition) is 2. The molecular weight excluding hydrogens is 615 g/mol. The molecule has 1 saturated heterocycles. The van der Waals surface area contributed by atoms with E-state index in [4.69, 9.17) is 17.3 Å². The number of rotatable bonds is 7. The molecule has 1 unspecified atom stereocenters. The van der Waals surface area contributed by atoms with Crippen LogP contribution in [-0.4, -0.2) is 81.5 Å². The summed E-state index contributed by atoms with van der Waals surface area (Å²) >= 11 is 5.96. The van der Waals surface area contributed by atoms with Crippen molar-refractivity contribution in [2.45, 2.75) is 18.9 Å². The van der Waals surface area contributed by atoms with Gasteiger partial charge in [-0.1, -0.05) is 41.9 Å². The molecule has 2 aliphatic heterocycles. The zero-order valence-corrected chi connectivity index (χ0v) is 25.6. The van der Waals surface area contributed by atoms with Crippen LogP contribution in [0.4, 0.5) is 15.9 Å². The molecule has 13 heteroatoms. The molecule has 0 bridgehead atoms. The molecule has 0 radical (unpaired) electrons. The van der Waals surface area contributed by atoms with Crippen LogP contribution < -0.4 is 10.6 Å². The lowest BCUT2D eigenvalue weighted by Crippen LogP contribution is -2.49. The highest BCUT2D eigenvalue weighted by Gasteiger charge is 2.39. The molecule has 1 atom stereocenters. The Morgan fingerprint density at radius 1 is 1.02 bits per heavy atom. The van der Waals surface area contributed by atoms with Crippen LogP contribution in [0, 0.1) is 5.82 Å². The SMILES string of the molecule is CN1CCN(c2cccc3c2CCN(C(=O)c2cnn(-c4cccc(Cl)c4F)c2N)C3C(=O)Cc2ccc(C(=O)O)cc2)CC1=O. The second-order valence-electron chi connectivity index (χ2n) is 11.3. The summed E-state index contributed by atoms with van der Waals surface area (Å²) in [6, 6.07) is 14.9. The van der Waals surface area contributed by atoms with Gasteiger partial charge in [-0.05, 0) is 53.4 Å². The van der Waals surface area contributed by atoms with Gasteiger partial charge in [0.15, 0.2) is 11.6 Å². The Hall–Kier alpha value is -5.23. The fourth-order valence-corrected chi connectivity index (χ4v) is 6.23. The van der Waals surface area contributed by atoms with E-state index >= 15 is 0 Å². The van der Waals surface area contributed by atoms with Crippen molar-refractivity contribution in [3.8, 4) is 5.69 Å². The summed E-state index contributed by atoms with van der Waals surface area (Å²) in [7, 11) is 1.76. The van der Waals surface area contributed by atoms with Gasteiger partial charge in [-0.2, -0.15) is 5.10 Å². The van der Waals surface area contributed by atoms with Crippen LogP contribution in [0.2, 0.25) is 5.02 Å². The van der Waals surface area contributed by atoms with E-state index in [0.29, 0.717) is 30.6 Å². The van der Waals surface area contributed by atoms with Crippen LogP contribution in [0.15, 0.2) is 66.9 Å². The Balaban J connectivity index is 1.38. The van der Waals surface area contributed by atoms with E-state index in [1.807, 2.05) is 11.0 Å². The summed E-state index contributed by atoms with van der Waals surface area (Å²) in [4.78, 5) is 57.4. The third-order valence-corrected chi connectivity index (χ3v) is 8.83. The molecule has 0 saturated carbocycles. The molecule has 3 aromatic carbocycles. The Morgan fingerprint density at radius 3 is 2.46 bits per heavy atom. The maximum absolute atomic E-state index is 14.8. The molecule has 3 N–H and O–H groups in total. The molecule has 2 amide bonds. The molecule has 2 aliphatic rings. The Bertz CT molecular complexity index is 1880. The van der Waals surface area contributed by atoms with Gasteiger partial charge >= 0.3 is 5.97 Å². The number of nitrogen functional groups attached to an aromatic ring is 1. The highest BCUT2D eigenvalue weighted by Crippen LogP contribution is 2.38. The summed E-state index contributed by atoms with van der Waals surface area (Å²) in [5.74, 6) is -2.81. The molecule has 6 rings (SSSR count). The first-order chi connectivity index (χ1) is 22.0. The van der Waals surface area contributed by atoms with Gasteiger partial charge < -0.3 is 25.5 Å². The highest BCUT2D eigenvalue weighted by molar-refractivity contribution is 6.30. The number of nitrogens with zero attached hydrogens (tertiary/aromatic N) is 5. The molecule has 0 spiro atoms. The van der Waals surface area contributed by atoms with Crippen LogP contribution in [0.25, 0.3) is 5.69 Å². The minimum Gasteiger partial charge on any atom is -0.478 e. The van der Waals surface area contributed by atoms with E-state index in [2.05, 4.69) is 5.10 Å². The number of piperazine rings is 1. The molecule has 46 heavy (non-hydrogen) atoms. The van der Waals surface area contributed by atoms with Gasteiger partial charge in [0.05, 0.1) is 23.3 Å². The number of carbonyl (C=O) groups is 4. The largest absolute Gasteiger partial charge is 0.478 e. The van der Waals surface area contributed by atoms with Crippen molar-refractivity contribution in [2.24, 2.45) is 0 Å². The van der Waals surface area contributed by atoms with Crippen LogP contribution in [-0.2, 0) is 22.4 Å². The molecule has 236 valence electrons. The number of anilines is 2. The number of carboxylic acids is 1. The first-order valence-electron chi connectivity index (χ1n) is 14.6. The van der Waals surface area contributed by atoms with Crippen LogP contribution in [0.1, 0.15) is 43.4 Å². The van der Waals surface area contributed by atoms with Crippen LogP contribution in [0.5, 0.6) is 0 Å². The smallest absolute Gasteiger partial charge is 0.335 e. The lowest BCUT2D eigenvalue weighted by Gasteiger charge is -2.40. The molecule has 11 nitrogen and oxygen atoms in total. The third-order valence-electron chi connectivity index (χ3n) is 8.54. The zero-order chi connectivity index (χ0) is 32.7. The third kappa shape index (κ3) is 5.56. The number of Topliss-reactive ketones (excluding diaryl/α,β-unsaturated/α-hetero) is 1.